The van der Waals surface area contributed by atoms with E-state index in [1.165, 1.54) is 18.2 Å². The van der Waals surface area contributed by atoms with Gasteiger partial charge in [-0.15, -0.1) is 0 Å². The molecule has 0 amide bonds. The van der Waals surface area contributed by atoms with Crippen molar-refractivity contribution in [3.05, 3.63) is 80.7 Å². The predicted molar refractivity (Wildman–Crippen MR) is 98.9 cm³/mol. The molecule has 3 rings (SSSR count). The van der Waals surface area contributed by atoms with Gasteiger partial charge < -0.3 is 9.52 Å². The summed E-state index contributed by atoms with van der Waals surface area (Å²) in [5.41, 5.74) is 2.99. The van der Waals surface area contributed by atoms with Gasteiger partial charge in [0, 0.05) is 5.56 Å². The van der Waals surface area contributed by atoms with Gasteiger partial charge in [0.2, 0.25) is 0 Å². The summed E-state index contributed by atoms with van der Waals surface area (Å²) in [6.07, 6.45) is 4.20. The van der Waals surface area contributed by atoms with Crippen molar-refractivity contribution in [2.75, 3.05) is 0 Å². The van der Waals surface area contributed by atoms with E-state index in [2.05, 4.69) is 0 Å². The normalized spacial score (nSPS) is 11.3. The molecule has 1 heterocycles. The molecule has 25 heavy (non-hydrogen) atoms. The Bertz CT molecular complexity index is 1040. The zero-order chi connectivity index (χ0) is 18.0. The first-order valence-electron chi connectivity index (χ1n) is 8.07. The molecule has 0 aliphatic heterocycles. The van der Waals surface area contributed by atoms with Crippen molar-refractivity contribution in [3.63, 3.8) is 0 Å². The Morgan fingerprint density at radius 3 is 2.64 bits per heavy atom. The van der Waals surface area contributed by atoms with Crippen LogP contribution in [0.5, 0.6) is 0 Å². The fourth-order valence-corrected chi connectivity index (χ4v) is 2.80. The molecular formula is C21H18O4. The molecule has 0 bridgehead atoms. The van der Waals surface area contributed by atoms with E-state index >= 15 is 0 Å². The lowest BCUT2D eigenvalue weighted by molar-refractivity contribution is 0.0697. The zero-order valence-electron chi connectivity index (χ0n) is 14.1. The van der Waals surface area contributed by atoms with Crippen molar-refractivity contribution in [1.29, 1.82) is 0 Å². The fraction of sp³-hybridized carbons (Fsp3) is 0.143. The standard InChI is InChI=1S/C21H18O4/c1-3-16-18(9-7-14-6-4-5-13(2)11-14)25-19-10-8-15(21(23)24)12-17(19)20(16)22/h4-12H,3H2,1-2H3,(H,23,24)/b9-7+. The summed E-state index contributed by atoms with van der Waals surface area (Å²) in [6.45, 7) is 3.90. The van der Waals surface area contributed by atoms with Crippen molar-refractivity contribution < 1.29 is 14.3 Å². The van der Waals surface area contributed by atoms with Crippen LogP contribution in [0.2, 0.25) is 0 Å². The Labute approximate surface area is 145 Å². The van der Waals surface area contributed by atoms with E-state index in [1.54, 1.807) is 6.08 Å². The molecule has 0 aliphatic rings. The highest BCUT2D eigenvalue weighted by Gasteiger charge is 2.13. The second kappa shape index (κ2) is 6.77. The van der Waals surface area contributed by atoms with Crippen LogP contribution in [-0.4, -0.2) is 11.1 Å². The van der Waals surface area contributed by atoms with E-state index in [1.807, 2.05) is 44.2 Å². The molecule has 4 nitrogen and oxygen atoms in total. The molecule has 2 aromatic carbocycles. The van der Waals surface area contributed by atoms with Crippen LogP contribution in [0.4, 0.5) is 0 Å². The summed E-state index contributed by atoms with van der Waals surface area (Å²) < 4.78 is 5.87. The number of carboxylic acids is 1. The van der Waals surface area contributed by atoms with E-state index < -0.39 is 5.97 Å². The van der Waals surface area contributed by atoms with Crippen LogP contribution in [0.3, 0.4) is 0 Å². The molecule has 0 atom stereocenters. The minimum Gasteiger partial charge on any atom is -0.478 e. The Morgan fingerprint density at radius 1 is 1.16 bits per heavy atom. The molecule has 4 heteroatoms. The lowest BCUT2D eigenvalue weighted by atomic mass is 10.0. The third kappa shape index (κ3) is 3.38. The van der Waals surface area contributed by atoms with Gasteiger partial charge in [-0.1, -0.05) is 42.8 Å². The van der Waals surface area contributed by atoms with Gasteiger partial charge in [-0.3, -0.25) is 4.79 Å². The highest BCUT2D eigenvalue weighted by molar-refractivity contribution is 5.93. The molecule has 0 saturated heterocycles. The van der Waals surface area contributed by atoms with E-state index in [0.29, 0.717) is 28.7 Å². The average molecular weight is 334 g/mol. The highest BCUT2D eigenvalue weighted by Crippen LogP contribution is 2.20. The van der Waals surface area contributed by atoms with Gasteiger partial charge in [0.1, 0.15) is 11.3 Å². The molecule has 0 saturated carbocycles. The molecule has 0 radical (unpaired) electrons. The smallest absolute Gasteiger partial charge is 0.335 e. The SMILES string of the molecule is CCc1c(/C=C/c2cccc(C)c2)oc2ccc(C(=O)O)cc2c1=O. The Balaban J connectivity index is 2.14. The lowest BCUT2D eigenvalue weighted by Gasteiger charge is -2.06. The first-order chi connectivity index (χ1) is 12.0. The molecule has 1 aromatic heterocycles. The van der Waals surface area contributed by atoms with Crippen LogP contribution in [0.25, 0.3) is 23.1 Å². The van der Waals surface area contributed by atoms with Gasteiger partial charge in [-0.25, -0.2) is 4.79 Å². The third-order valence-electron chi connectivity index (χ3n) is 4.09. The van der Waals surface area contributed by atoms with Gasteiger partial charge in [-0.2, -0.15) is 0 Å². The zero-order valence-corrected chi connectivity index (χ0v) is 14.1. The average Bonchev–Trinajstić information content (AvgIpc) is 2.60. The summed E-state index contributed by atoms with van der Waals surface area (Å²) in [7, 11) is 0. The minimum atomic E-state index is -1.07. The number of carboxylic acid groups (broad SMARTS) is 1. The number of carbonyl (C=O) groups is 1. The van der Waals surface area contributed by atoms with Crippen LogP contribution in [0, 0.1) is 6.92 Å². The monoisotopic (exact) mass is 334 g/mol. The molecular weight excluding hydrogens is 316 g/mol. The molecule has 0 aliphatic carbocycles. The molecule has 0 spiro atoms. The summed E-state index contributed by atoms with van der Waals surface area (Å²) in [5, 5.41) is 9.40. The number of hydrogen-bond acceptors (Lipinski definition) is 3. The Morgan fingerprint density at radius 2 is 1.96 bits per heavy atom. The van der Waals surface area contributed by atoms with E-state index in [-0.39, 0.29) is 11.0 Å². The minimum absolute atomic E-state index is 0.0740. The van der Waals surface area contributed by atoms with Crippen molar-refractivity contribution in [3.8, 4) is 0 Å². The van der Waals surface area contributed by atoms with Crippen molar-refractivity contribution in [2.24, 2.45) is 0 Å². The van der Waals surface area contributed by atoms with Gasteiger partial charge >= 0.3 is 5.97 Å². The number of aromatic carboxylic acids is 1. The van der Waals surface area contributed by atoms with Gasteiger partial charge in [0.25, 0.3) is 0 Å². The number of fused-ring (bicyclic) bond motifs is 1. The van der Waals surface area contributed by atoms with Crippen LogP contribution >= 0.6 is 0 Å². The summed E-state index contributed by atoms with van der Waals surface area (Å²) in [5.74, 6) is -0.563. The summed E-state index contributed by atoms with van der Waals surface area (Å²) >= 11 is 0. The topological polar surface area (TPSA) is 67.5 Å². The van der Waals surface area contributed by atoms with Gasteiger partial charge in [-0.05, 0) is 43.2 Å². The van der Waals surface area contributed by atoms with Crippen LogP contribution in [0.15, 0.2) is 51.7 Å². The van der Waals surface area contributed by atoms with Crippen LogP contribution in [0.1, 0.15) is 39.7 Å². The fourth-order valence-electron chi connectivity index (χ4n) is 2.80. The van der Waals surface area contributed by atoms with Gasteiger partial charge in [0.15, 0.2) is 5.43 Å². The maximum Gasteiger partial charge on any atom is 0.335 e. The largest absolute Gasteiger partial charge is 0.478 e. The number of aryl methyl sites for hydroxylation is 1. The van der Waals surface area contributed by atoms with Gasteiger partial charge in [0.05, 0.1) is 10.9 Å². The predicted octanol–water partition coefficient (Wildman–Crippen LogP) is 4.53. The van der Waals surface area contributed by atoms with Crippen molar-refractivity contribution >= 4 is 29.1 Å². The third-order valence-corrected chi connectivity index (χ3v) is 4.09. The molecule has 0 fully saturated rings. The summed E-state index contributed by atoms with van der Waals surface area (Å²) in [4.78, 5) is 23.9. The first-order valence-corrected chi connectivity index (χ1v) is 8.07. The molecule has 126 valence electrons. The number of benzene rings is 2. The Hall–Kier alpha value is -3.14. The molecule has 1 N–H and O–H groups in total. The lowest BCUT2D eigenvalue weighted by Crippen LogP contribution is -2.11. The van der Waals surface area contributed by atoms with E-state index in [0.717, 1.165) is 11.1 Å². The van der Waals surface area contributed by atoms with Crippen LogP contribution in [-0.2, 0) is 6.42 Å². The maximum absolute atomic E-state index is 12.7. The Kier molecular flexibility index (Phi) is 4.52. The number of rotatable bonds is 4. The van der Waals surface area contributed by atoms with E-state index in [4.69, 9.17) is 9.52 Å². The quantitative estimate of drug-likeness (QED) is 0.761. The number of hydrogen-bond donors (Lipinski definition) is 1. The maximum atomic E-state index is 12.7. The molecule has 0 unspecified atom stereocenters. The second-order valence-electron chi connectivity index (χ2n) is 5.89. The first kappa shape index (κ1) is 16.7. The van der Waals surface area contributed by atoms with Crippen molar-refractivity contribution in [2.45, 2.75) is 20.3 Å². The van der Waals surface area contributed by atoms with Crippen molar-refractivity contribution in [1.82, 2.24) is 0 Å². The highest BCUT2D eigenvalue weighted by atomic mass is 16.4. The summed E-state index contributed by atoms with van der Waals surface area (Å²) in [6, 6.07) is 12.4. The van der Waals surface area contributed by atoms with E-state index in [9.17, 15) is 9.59 Å². The molecule has 3 aromatic rings. The van der Waals surface area contributed by atoms with Crippen LogP contribution < -0.4 is 5.43 Å². The second-order valence-corrected chi connectivity index (χ2v) is 5.89.